The van der Waals surface area contributed by atoms with Crippen LogP contribution in [-0.4, -0.2) is 0 Å². The van der Waals surface area contributed by atoms with Gasteiger partial charge >= 0.3 is 0 Å². The molecule has 0 aliphatic carbocycles. The fraction of sp³-hybridized carbons (Fsp3) is 0.125. The zero-order valence-electron chi connectivity index (χ0n) is 5.85. The van der Waals surface area contributed by atoms with Gasteiger partial charge in [0.1, 0.15) is 0 Å². The molecule has 1 aromatic rings. The number of nitrogens with zero attached hydrogens (tertiary/aromatic N) is 1. The van der Waals surface area contributed by atoms with Crippen LogP contribution < -0.4 is 5.32 Å². The van der Waals surface area contributed by atoms with Crippen molar-refractivity contribution in [1.29, 1.82) is 0 Å². The summed E-state index contributed by atoms with van der Waals surface area (Å²) in [6.45, 7) is 0.580. The fourth-order valence-corrected chi connectivity index (χ4v) is 1.09. The Kier molecular flexibility index (Phi) is 3.18. The minimum Gasteiger partial charge on any atom is -0.420 e. The van der Waals surface area contributed by atoms with Crippen molar-refractivity contribution in [2.75, 3.05) is 0 Å². The summed E-state index contributed by atoms with van der Waals surface area (Å²) >= 11 is 11.5. The van der Waals surface area contributed by atoms with E-state index in [2.05, 4.69) is 12.4 Å². The Morgan fingerprint density at radius 2 is 2.00 bits per heavy atom. The van der Waals surface area contributed by atoms with E-state index in [1.807, 2.05) is 6.07 Å². The highest BCUT2D eigenvalue weighted by Crippen LogP contribution is 2.22. The van der Waals surface area contributed by atoms with E-state index in [9.17, 15) is 0 Å². The second kappa shape index (κ2) is 3.96. The van der Waals surface area contributed by atoms with Crippen LogP contribution in [0.3, 0.4) is 0 Å². The van der Waals surface area contributed by atoms with E-state index in [-0.39, 0.29) is 0 Å². The fourth-order valence-electron chi connectivity index (χ4n) is 0.767. The van der Waals surface area contributed by atoms with E-state index in [4.69, 9.17) is 23.2 Å². The van der Waals surface area contributed by atoms with Gasteiger partial charge in [-0.25, -0.2) is 0 Å². The van der Waals surface area contributed by atoms with Crippen molar-refractivity contribution >= 4 is 23.2 Å². The molecule has 0 saturated carbocycles. The van der Waals surface area contributed by atoms with Crippen molar-refractivity contribution in [1.82, 2.24) is 5.32 Å². The topological polar surface area (TPSA) is 14.1 Å². The maximum atomic E-state index is 5.76. The first-order valence-corrected chi connectivity index (χ1v) is 3.86. The molecule has 1 radical (unpaired) electrons. The molecule has 0 fully saturated rings. The van der Waals surface area contributed by atoms with Crippen LogP contribution in [0, 0.1) is 7.05 Å². The first-order valence-electron chi connectivity index (χ1n) is 3.10. The Bertz CT molecular complexity index is 248. The molecule has 0 aliphatic heterocycles. The van der Waals surface area contributed by atoms with Crippen LogP contribution in [0.2, 0.25) is 10.0 Å². The number of hydrogen-bond acceptors (Lipinski definition) is 0. The lowest BCUT2D eigenvalue weighted by molar-refractivity contribution is 0.849. The molecule has 11 heavy (non-hydrogen) atoms. The molecule has 0 aliphatic rings. The van der Waals surface area contributed by atoms with Crippen molar-refractivity contribution in [2.24, 2.45) is 0 Å². The second-order valence-electron chi connectivity index (χ2n) is 2.13. The summed E-state index contributed by atoms with van der Waals surface area (Å²) in [6.07, 6.45) is 0. The highest BCUT2D eigenvalue weighted by Gasteiger charge is 1.96. The van der Waals surface area contributed by atoms with Gasteiger partial charge in [-0.05, 0) is 17.7 Å². The SMILES string of the molecule is [CH2-][N]Cc1ccc(Cl)c(Cl)c1. The molecule has 1 rings (SSSR count). The minimum atomic E-state index is 0.563. The van der Waals surface area contributed by atoms with Crippen LogP contribution in [0.5, 0.6) is 0 Å². The Morgan fingerprint density at radius 3 is 2.55 bits per heavy atom. The summed E-state index contributed by atoms with van der Waals surface area (Å²) in [7, 11) is 3.38. The maximum Gasteiger partial charge on any atom is 0.0595 e. The van der Waals surface area contributed by atoms with E-state index in [0.29, 0.717) is 16.6 Å². The predicted molar refractivity (Wildman–Crippen MR) is 47.7 cm³/mol. The average Bonchev–Trinajstić information content (AvgIpc) is 1.98. The van der Waals surface area contributed by atoms with E-state index < -0.39 is 0 Å². The number of halogens is 2. The van der Waals surface area contributed by atoms with Gasteiger partial charge in [0.15, 0.2) is 0 Å². The average molecular weight is 188 g/mol. The molecule has 1 nitrogen and oxygen atoms in total. The van der Waals surface area contributed by atoms with Crippen molar-refractivity contribution in [3.05, 3.63) is 40.9 Å². The molecule has 59 valence electrons. The Labute approximate surface area is 76.3 Å². The lowest BCUT2D eigenvalue weighted by Gasteiger charge is -2.03. The number of rotatable bonds is 2. The third-order valence-electron chi connectivity index (χ3n) is 1.28. The normalized spacial score (nSPS) is 10.1. The van der Waals surface area contributed by atoms with Crippen LogP contribution in [0.25, 0.3) is 0 Å². The maximum absolute atomic E-state index is 5.76. The molecule has 0 atom stereocenters. The highest BCUT2D eigenvalue weighted by atomic mass is 35.5. The predicted octanol–water partition coefficient (Wildman–Crippen LogP) is 2.89. The molecule has 0 N–H and O–H groups in total. The summed E-state index contributed by atoms with van der Waals surface area (Å²) in [5.74, 6) is 0. The lowest BCUT2D eigenvalue weighted by atomic mass is 10.2. The van der Waals surface area contributed by atoms with Crippen LogP contribution in [0.1, 0.15) is 5.56 Å². The summed E-state index contributed by atoms with van der Waals surface area (Å²) in [6, 6.07) is 5.42. The Balaban J connectivity index is 2.86. The molecule has 1 aromatic carbocycles. The van der Waals surface area contributed by atoms with Gasteiger partial charge in [-0.2, -0.15) is 0 Å². The van der Waals surface area contributed by atoms with Gasteiger partial charge in [0.05, 0.1) is 10.0 Å². The van der Waals surface area contributed by atoms with E-state index in [0.717, 1.165) is 5.56 Å². The molecule has 0 aromatic heterocycles. The van der Waals surface area contributed by atoms with Crippen molar-refractivity contribution in [3.8, 4) is 0 Å². The largest absolute Gasteiger partial charge is 0.420 e. The van der Waals surface area contributed by atoms with E-state index >= 15 is 0 Å². The quantitative estimate of drug-likeness (QED) is 0.633. The smallest absolute Gasteiger partial charge is 0.0595 e. The molecule has 0 amide bonds. The summed E-state index contributed by atoms with van der Waals surface area (Å²) in [5, 5.41) is 4.86. The second-order valence-corrected chi connectivity index (χ2v) is 2.94. The van der Waals surface area contributed by atoms with Crippen molar-refractivity contribution < 1.29 is 0 Å². The highest BCUT2D eigenvalue weighted by molar-refractivity contribution is 6.41. The Hall–Kier alpha value is -0.240. The molecule has 0 spiro atoms. The molecule has 3 heteroatoms. The first-order chi connectivity index (χ1) is 5.24. The van der Waals surface area contributed by atoms with Crippen LogP contribution >= 0.6 is 23.2 Å². The van der Waals surface area contributed by atoms with Gasteiger partial charge < -0.3 is 5.32 Å². The number of hydrogen-bond donors (Lipinski definition) is 0. The third kappa shape index (κ3) is 2.37. The van der Waals surface area contributed by atoms with E-state index in [1.54, 1.807) is 12.1 Å². The van der Waals surface area contributed by atoms with Crippen molar-refractivity contribution in [3.63, 3.8) is 0 Å². The zero-order valence-corrected chi connectivity index (χ0v) is 7.36. The standard InChI is InChI=1S/C8H7Cl2N/c1-11-5-6-2-3-7(9)8(10)4-6/h2-4H,1,5H2/q-1. The van der Waals surface area contributed by atoms with Gasteiger partial charge in [0, 0.05) is 6.54 Å². The van der Waals surface area contributed by atoms with E-state index in [1.165, 1.54) is 0 Å². The molecule has 0 heterocycles. The van der Waals surface area contributed by atoms with Gasteiger partial charge in [-0.15, -0.1) is 0 Å². The Morgan fingerprint density at radius 1 is 1.27 bits per heavy atom. The molecular weight excluding hydrogens is 181 g/mol. The molecule has 0 saturated heterocycles. The first kappa shape index (κ1) is 8.85. The van der Waals surface area contributed by atoms with Gasteiger partial charge in [0.2, 0.25) is 0 Å². The van der Waals surface area contributed by atoms with Crippen molar-refractivity contribution in [2.45, 2.75) is 6.54 Å². The summed E-state index contributed by atoms with van der Waals surface area (Å²) in [4.78, 5) is 0. The molecule has 0 bridgehead atoms. The third-order valence-corrected chi connectivity index (χ3v) is 2.02. The van der Waals surface area contributed by atoms with Crippen LogP contribution in [-0.2, 0) is 6.54 Å². The monoisotopic (exact) mass is 187 g/mol. The summed E-state index contributed by atoms with van der Waals surface area (Å²) in [5.41, 5.74) is 1.02. The number of benzene rings is 1. The van der Waals surface area contributed by atoms with Gasteiger partial charge in [0.25, 0.3) is 0 Å². The van der Waals surface area contributed by atoms with Crippen LogP contribution in [0.15, 0.2) is 18.2 Å². The summed E-state index contributed by atoms with van der Waals surface area (Å²) < 4.78 is 0. The lowest BCUT2D eigenvalue weighted by Crippen LogP contribution is -1.93. The molecule has 0 unspecified atom stereocenters. The molecular formula is C8H7Cl2N-. The van der Waals surface area contributed by atoms with Crippen LogP contribution in [0.4, 0.5) is 0 Å². The zero-order chi connectivity index (χ0) is 8.27. The van der Waals surface area contributed by atoms with Gasteiger partial charge in [-0.1, -0.05) is 29.3 Å². The van der Waals surface area contributed by atoms with Gasteiger partial charge in [-0.3, -0.25) is 7.05 Å². The minimum absolute atomic E-state index is 0.563.